The SMILES string of the molecule is Cc1cc(=O)oc2c(C)c(OCc3cn(-c4ccc(S(=O)(=O)Nc5ncccn5)cc4)nn3)ccc12. The zero-order valence-corrected chi connectivity index (χ0v) is 20.1. The molecule has 0 saturated heterocycles. The third-order valence-electron chi connectivity index (χ3n) is 5.44. The molecule has 0 fully saturated rings. The lowest BCUT2D eigenvalue weighted by Crippen LogP contribution is -2.14. The molecule has 11 nitrogen and oxygen atoms in total. The van der Waals surface area contributed by atoms with Gasteiger partial charge in [0.05, 0.1) is 16.8 Å². The summed E-state index contributed by atoms with van der Waals surface area (Å²) >= 11 is 0. The second-order valence-electron chi connectivity index (χ2n) is 7.93. The quantitative estimate of drug-likeness (QED) is 0.331. The maximum atomic E-state index is 12.6. The summed E-state index contributed by atoms with van der Waals surface area (Å²) in [6.45, 7) is 3.81. The first-order chi connectivity index (χ1) is 17.3. The van der Waals surface area contributed by atoms with Gasteiger partial charge in [-0.25, -0.2) is 32.6 Å². The van der Waals surface area contributed by atoms with Crippen LogP contribution in [0.3, 0.4) is 0 Å². The minimum atomic E-state index is -3.84. The summed E-state index contributed by atoms with van der Waals surface area (Å²) in [5, 5.41) is 9.07. The maximum absolute atomic E-state index is 12.6. The van der Waals surface area contributed by atoms with Crippen LogP contribution in [0.25, 0.3) is 16.7 Å². The second kappa shape index (κ2) is 9.23. The number of hydrogen-bond acceptors (Lipinski definition) is 9. The van der Waals surface area contributed by atoms with Gasteiger partial charge in [0, 0.05) is 29.4 Å². The molecule has 0 unspecified atom stereocenters. The fourth-order valence-electron chi connectivity index (χ4n) is 3.61. The molecule has 36 heavy (non-hydrogen) atoms. The van der Waals surface area contributed by atoms with E-state index in [-0.39, 0.29) is 17.5 Å². The molecule has 1 N–H and O–H groups in total. The fourth-order valence-corrected chi connectivity index (χ4v) is 4.57. The summed E-state index contributed by atoms with van der Waals surface area (Å²) in [7, 11) is -3.84. The number of hydrogen-bond donors (Lipinski definition) is 1. The Kier molecular flexibility index (Phi) is 5.94. The van der Waals surface area contributed by atoms with E-state index in [2.05, 4.69) is 25.0 Å². The predicted molar refractivity (Wildman–Crippen MR) is 130 cm³/mol. The third-order valence-corrected chi connectivity index (χ3v) is 6.78. The molecule has 182 valence electrons. The van der Waals surface area contributed by atoms with E-state index in [1.165, 1.54) is 35.3 Å². The van der Waals surface area contributed by atoms with Crippen LogP contribution in [-0.2, 0) is 16.6 Å². The van der Waals surface area contributed by atoms with E-state index in [1.54, 1.807) is 24.4 Å². The van der Waals surface area contributed by atoms with Crippen molar-refractivity contribution in [2.75, 3.05) is 4.72 Å². The molecule has 0 aliphatic rings. The average Bonchev–Trinajstić information content (AvgIpc) is 3.33. The van der Waals surface area contributed by atoms with E-state index >= 15 is 0 Å². The Bertz CT molecular complexity index is 1710. The summed E-state index contributed by atoms with van der Waals surface area (Å²) in [4.78, 5) is 19.6. The average molecular weight is 505 g/mol. The molecule has 0 radical (unpaired) electrons. The number of nitrogens with zero attached hydrogens (tertiary/aromatic N) is 5. The summed E-state index contributed by atoms with van der Waals surface area (Å²) in [5.41, 5.74) is 2.80. The lowest BCUT2D eigenvalue weighted by Gasteiger charge is -2.10. The minimum Gasteiger partial charge on any atom is -0.487 e. The van der Waals surface area contributed by atoms with Gasteiger partial charge in [-0.15, -0.1) is 5.10 Å². The Morgan fingerprint density at radius 2 is 1.81 bits per heavy atom. The number of rotatable bonds is 7. The number of sulfonamides is 1. The van der Waals surface area contributed by atoms with Gasteiger partial charge in [0.15, 0.2) is 0 Å². The molecule has 0 amide bonds. The zero-order chi connectivity index (χ0) is 25.3. The molecule has 0 bridgehead atoms. The Hall–Kier alpha value is -4.58. The highest BCUT2D eigenvalue weighted by Gasteiger charge is 2.16. The molecule has 0 saturated carbocycles. The molecule has 0 atom stereocenters. The molecule has 5 rings (SSSR count). The normalized spacial score (nSPS) is 11.5. The largest absolute Gasteiger partial charge is 0.487 e. The Balaban J connectivity index is 1.29. The lowest BCUT2D eigenvalue weighted by atomic mass is 10.1. The molecule has 2 aromatic carbocycles. The summed E-state index contributed by atoms with van der Waals surface area (Å²) in [6, 6.07) is 12.8. The van der Waals surface area contributed by atoms with Gasteiger partial charge in [-0.05, 0) is 61.9 Å². The number of ether oxygens (including phenoxy) is 1. The first-order valence-electron chi connectivity index (χ1n) is 10.8. The van der Waals surface area contributed by atoms with Crippen molar-refractivity contribution in [3.8, 4) is 11.4 Å². The molecule has 0 aliphatic heterocycles. The van der Waals surface area contributed by atoms with Gasteiger partial charge in [0.1, 0.15) is 23.6 Å². The summed E-state index contributed by atoms with van der Waals surface area (Å²) in [5.74, 6) is 0.552. The van der Waals surface area contributed by atoms with Crippen molar-refractivity contribution in [2.24, 2.45) is 0 Å². The number of benzene rings is 2. The van der Waals surface area contributed by atoms with Crippen LogP contribution in [0.15, 0.2) is 81.2 Å². The molecule has 5 aromatic rings. The van der Waals surface area contributed by atoms with E-state index in [0.717, 1.165) is 10.9 Å². The topological polar surface area (TPSA) is 142 Å². The zero-order valence-electron chi connectivity index (χ0n) is 19.2. The maximum Gasteiger partial charge on any atom is 0.336 e. The van der Waals surface area contributed by atoms with Crippen LogP contribution in [0.2, 0.25) is 0 Å². The van der Waals surface area contributed by atoms with Crippen molar-refractivity contribution in [1.82, 2.24) is 25.0 Å². The highest BCUT2D eigenvalue weighted by molar-refractivity contribution is 7.92. The van der Waals surface area contributed by atoms with Crippen LogP contribution >= 0.6 is 0 Å². The van der Waals surface area contributed by atoms with Crippen molar-refractivity contribution in [1.29, 1.82) is 0 Å². The van der Waals surface area contributed by atoms with Gasteiger partial charge in [0.25, 0.3) is 10.0 Å². The number of anilines is 1. The van der Waals surface area contributed by atoms with Gasteiger partial charge in [-0.2, -0.15) is 0 Å². The van der Waals surface area contributed by atoms with E-state index in [0.29, 0.717) is 28.3 Å². The van der Waals surface area contributed by atoms with Gasteiger partial charge in [0.2, 0.25) is 5.95 Å². The van der Waals surface area contributed by atoms with E-state index in [1.807, 2.05) is 26.0 Å². The fraction of sp³-hybridized carbons (Fsp3) is 0.125. The van der Waals surface area contributed by atoms with Crippen molar-refractivity contribution in [3.05, 3.63) is 94.4 Å². The first-order valence-corrected chi connectivity index (χ1v) is 12.3. The van der Waals surface area contributed by atoms with Gasteiger partial charge >= 0.3 is 5.63 Å². The molecule has 0 aliphatic carbocycles. The lowest BCUT2D eigenvalue weighted by molar-refractivity contribution is 0.299. The van der Waals surface area contributed by atoms with Crippen molar-refractivity contribution < 1.29 is 17.6 Å². The van der Waals surface area contributed by atoms with Crippen molar-refractivity contribution >= 4 is 26.9 Å². The Morgan fingerprint density at radius 3 is 2.56 bits per heavy atom. The molecule has 3 heterocycles. The monoisotopic (exact) mass is 504 g/mol. The summed E-state index contributed by atoms with van der Waals surface area (Å²) in [6.07, 6.45) is 4.57. The van der Waals surface area contributed by atoms with Crippen LogP contribution in [-0.4, -0.2) is 33.4 Å². The number of aromatic nitrogens is 5. The Morgan fingerprint density at radius 1 is 1.06 bits per heavy atom. The molecule has 3 aromatic heterocycles. The van der Waals surface area contributed by atoms with E-state index in [4.69, 9.17) is 9.15 Å². The minimum absolute atomic E-state index is 0.0126. The summed E-state index contributed by atoms with van der Waals surface area (Å²) < 4.78 is 40.2. The van der Waals surface area contributed by atoms with Crippen LogP contribution in [0, 0.1) is 13.8 Å². The standard InChI is InChI=1S/C24H20N6O5S/c1-15-12-22(31)35-23-16(2)21(9-8-20(15)23)34-14-17-13-30(29-27-17)18-4-6-19(7-5-18)36(32,33)28-24-25-10-3-11-26-24/h3-13H,14H2,1-2H3,(H,25,26,28). The van der Waals surface area contributed by atoms with Gasteiger partial charge < -0.3 is 9.15 Å². The third kappa shape index (κ3) is 4.66. The van der Waals surface area contributed by atoms with Crippen LogP contribution < -0.4 is 15.1 Å². The number of fused-ring (bicyclic) bond motifs is 1. The highest BCUT2D eigenvalue weighted by Crippen LogP contribution is 2.28. The molecule has 0 spiro atoms. The van der Waals surface area contributed by atoms with E-state index < -0.39 is 15.6 Å². The second-order valence-corrected chi connectivity index (χ2v) is 9.61. The van der Waals surface area contributed by atoms with Crippen LogP contribution in [0.1, 0.15) is 16.8 Å². The highest BCUT2D eigenvalue weighted by atomic mass is 32.2. The van der Waals surface area contributed by atoms with Gasteiger partial charge in [-0.1, -0.05) is 5.21 Å². The molecular weight excluding hydrogens is 484 g/mol. The smallest absolute Gasteiger partial charge is 0.336 e. The van der Waals surface area contributed by atoms with Crippen LogP contribution in [0.4, 0.5) is 5.95 Å². The predicted octanol–water partition coefficient (Wildman–Crippen LogP) is 3.16. The number of aryl methyl sites for hydroxylation is 2. The van der Waals surface area contributed by atoms with Crippen molar-refractivity contribution in [2.45, 2.75) is 25.3 Å². The van der Waals surface area contributed by atoms with Crippen molar-refractivity contribution in [3.63, 3.8) is 0 Å². The molecular formula is C24H20N6O5S. The van der Waals surface area contributed by atoms with Crippen LogP contribution in [0.5, 0.6) is 5.75 Å². The Labute approximate surface area is 205 Å². The van der Waals surface area contributed by atoms with Gasteiger partial charge in [-0.3, -0.25) is 0 Å². The van der Waals surface area contributed by atoms with E-state index in [9.17, 15) is 13.2 Å². The number of nitrogens with one attached hydrogen (secondary N) is 1. The molecule has 12 heteroatoms. The first kappa shape index (κ1) is 23.2.